The summed E-state index contributed by atoms with van der Waals surface area (Å²) in [6, 6.07) is 12.5. The number of amides is 1. The monoisotopic (exact) mass is 326 g/mol. The zero-order valence-electron chi connectivity index (χ0n) is 12.2. The van der Waals surface area contributed by atoms with Crippen LogP contribution in [0.5, 0.6) is 0 Å². The van der Waals surface area contributed by atoms with Gasteiger partial charge in [-0.2, -0.15) is 0 Å². The second-order valence-electron chi connectivity index (χ2n) is 5.77. The first-order chi connectivity index (χ1) is 10.9. The Bertz CT molecular complexity index is 991. The van der Waals surface area contributed by atoms with Crippen LogP contribution in [0.15, 0.2) is 47.4 Å². The molecule has 6 heteroatoms. The number of rotatable bonds is 1. The molecule has 23 heavy (non-hydrogen) atoms. The molecule has 116 valence electrons. The van der Waals surface area contributed by atoms with Crippen molar-refractivity contribution >= 4 is 32.8 Å². The molecule has 0 radical (unpaired) electrons. The van der Waals surface area contributed by atoms with Gasteiger partial charge in [0.1, 0.15) is 0 Å². The smallest absolute Gasteiger partial charge is 0.238 e. The summed E-state index contributed by atoms with van der Waals surface area (Å²) in [5.41, 5.74) is 5.56. The molecule has 1 amide bonds. The van der Waals surface area contributed by atoms with Crippen molar-refractivity contribution in [2.75, 3.05) is 5.32 Å². The third-order valence-corrected chi connectivity index (χ3v) is 5.24. The highest BCUT2D eigenvalue weighted by molar-refractivity contribution is 7.89. The summed E-state index contributed by atoms with van der Waals surface area (Å²) in [7, 11) is -3.77. The fraction of sp³-hybridized carbons (Fsp3) is 0.118. The number of nitrogens with two attached hydrogens (primary N) is 1. The summed E-state index contributed by atoms with van der Waals surface area (Å²) in [6.45, 7) is 0. The molecule has 1 aliphatic heterocycles. The molecule has 0 saturated heterocycles. The largest absolute Gasteiger partial charge is 0.325 e. The molecule has 2 aromatic carbocycles. The highest BCUT2D eigenvalue weighted by Crippen LogP contribution is 2.44. The highest BCUT2D eigenvalue weighted by atomic mass is 32.2. The van der Waals surface area contributed by atoms with E-state index in [1.165, 1.54) is 6.07 Å². The molecule has 0 spiro atoms. The van der Waals surface area contributed by atoms with E-state index in [1.807, 2.05) is 24.3 Å². The first-order valence-electron chi connectivity index (χ1n) is 7.21. The number of carbonyl (C=O) groups excluding carboxylic acids is 1. The van der Waals surface area contributed by atoms with Crippen LogP contribution >= 0.6 is 0 Å². The normalized spacial score (nSPS) is 16.3. The minimum Gasteiger partial charge on any atom is -0.325 e. The van der Waals surface area contributed by atoms with E-state index in [0.717, 1.165) is 33.5 Å². The van der Waals surface area contributed by atoms with Gasteiger partial charge in [0.15, 0.2) is 0 Å². The van der Waals surface area contributed by atoms with E-state index in [-0.39, 0.29) is 17.2 Å². The second kappa shape index (κ2) is 4.78. The van der Waals surface area contributed by atoms with Gasteiger partial charge in [-0.3, -0.25) is 4.79 Å². The Morgan fingerprint density at radius 1 is 0.957 bits per heavy atom. The number of para-hydroxylation sites is 1. The minimum atomic E-state index is -3.77. The summed E-state index contributed by atoms with van der Waals surface area (Å²) < 4.78 is 23.2. The minimum absolute atomic E-state index is 0.0722. The number of anilines is 1. The molecular weight excluding hydrogens is 312 g/mol. The van der Waals surface area contributed by atoms with Gasteiger partial charge in [0.05, 0.1) is 11.3 Å². The molecule has 5 nitrogen and oxygen atoms in total. The van der Waals surface area contributed by atoms with Gasteiger partial charge in [0.25, 0.3) is 0 Å². The first-order valence-corrected chi connectivity index (χ1v) is 8.75. The van der Waals surface area contributed by atoms with Crippen molar-refractivity contribution in [3.8, 4) is 0 Å². The van der Waals surface area contributed by atoms with Crippen molar-refractivity contribution in [3.63, 3.8) is 0 Å². The number of fused-ring (bicyclic) bond motifs is 4. The second-order valence-corrected chi connectivity index (χ2v) is 7.33. The number of carbonyl (C=O) groups is 1. The predicted octanol–water partition coefficient (Wildman–Crippen LogP) is 2.14. The van der Waals surface area contributed by atoms with Crippen LogP contribution in [0.3, 0.4) is 0 Å². The van der Waals surface area contributed by atoms with Crippen LogP contribution in [0.25, 0.3) is 11.1 Å². The van der Waals surface area contributed by atoms with Gasteiger partial charge in [0.2, 0.25) is 15.9 Å². The zero-order valence-corrected chi connectivity index (χ0v) is 13.0. The van der Waals surface area contributed by atoms with Gasteiger partial charge >= 0.3 is 0 Å². The molecule has 0 unspecified atom stereocenters. The summed E-state index contributed by atoms with van der Waals surface area (Å²) in [4.78, 5) is 12.3. The topological polar surface area (TPSA) is 89.3 Å². The summed E-state index contributed by atoms with van der Waals surface area (Å²) in [5.74, 6) is -0.101. The van der Waals surface area contributed by atoms with Crippen molar-refractivity contribution in [2.45, 2.75) is 17.7 Å². The van der Waals surface area contributed by atoms with E-state index >= 15 is 0 Å². The number of benzene rings is 2. The first kappa shape index (κ1) is 14.2. The summed E-state index contributed by atoms with van der Waals surface area (Å²) in [5, 5.41) is 8.13. The molecule has 0 fully saturated rings. The molecule has 0 saturated carbocycles. The molecule has 2 aliphatic rings. The Morgan fingerprint density at radius 3 is 2.48 bits per heavy atom. The average molecular weight is 326 g/mol. The Balaban J connectivity index is 1.95. The van der Waals surface area contributed by atoms with E-state index in [4.69, 9.17) is 5.14 Å². The summed E-state index contributed by atoms with van der Waals surface area (Å²) >= 11 is 0. The molecule has 0 aromatic heterocycles. The molecule has 2 aromatic rings. The standard InChI is InChI=1S/C17H14N2O3S/c18-23(21,22)11-6-5-10-7-14-12-3-1-2-4-16(12)19-17(20)9-15(14)13(10)8-11/h1-6,8H,7,9H2,(H,19,20)(H2,18,21,22). The molecule has 0 bridgehead atoms. The lowest BCUT2D eigenvalue weighted by Crippen LogP contribution is -2.13. The number of sulfonamides is 1. The van der Waals surface area contributed by atoms with Gasteiger partial charge < -0.3 is 5.32 Å². The number of allylic oxidation sites excluding steroid dienone is 1. The van der Waals surface area contributed by atoms with Crippen molar-refractivity contribution in [1.82, 2.24) is 0 Å². The SMILES string of the molecule is NS(=O)(=O)c1ccc2c(c1)C1=C(C2)c2ccccc2NC(=O)C1. The van der Waals surface area contributed by atoms with Gasteiger partial charge in [-0.1, -0.05) is 24.3 Å². The lowest BCUT2D eigenvalue weighted by molar-refractivity contribution is -0.115. The Morgan fingerprint density at radius 2 is 1.70 bits per heavy atom. The van der Waals surface area contributed by atoms with Crippen LogP contribution in [-0.2, 0) is 21.2 Å². The fourth-order valence-electron chi connectivity index (χ4n) is 3.30. The van der Waals surface area contributed by atoms with E-state index < -0.39 is 10.0 Å². The lowest BCUT2D eigenvalue weighted by atomic mass is 9.98. The van der Waals surface area contributed by atoms with Crippen molar-refractivity contribution in [2.24, 2.45) is 5.14 Å². The van der Waals surface area contributed by atoms with E-state index in [2.05, 4.69) is 5.32 Å². The van der Waals surface area contributed by atoms with Crippen LogP contribution in [0.4, 0.5) is 5.69 Å². The highest BCUT2D eigenvalue weighted by Gasteiger charge is 2.29. The maximum atomic E-state index is 12.2. The number of nitrogens with one attached hydrogen (secondary N) is 1. The number of primary sulfonamides is 1. The molecule has 1 heterocycles. The van der Waals surface area contributed by atoms with Crippen LogP contribution in [0.1, 0.15) is 23.1 Å². The predicted molar refractivity (Wildman–Crippen MR) is 88.0 cm³/mol. The van der Waals surface area contributed by atoms with Crippen LogP contribution in [-0.4, -0.2) is 14.3 Å². The van der Waals surface area contributed by atoms with Gasteiger partial charge in [0, 0.05) is 11.3 Å². The Kier molecular flexibility index (Phi) is 2.94. The van der Waals surface area contributed by atoms with E-state index in [9.17, 15) is 13.2 Å². The van der Waals surface area contributed by atoms with E-state index in [1.54, 1.807) is 12.1 Å². The third-order valence-electron chi connectivity index (χ3n) is 4.33. The number of hydrogen-bond acceptors (Lipinski definition) is 3. The molecular formula is C17H14N2O3S. The molecule has 1 aliphatic carbocycles. The van der Waals surface area contributed by atoms with Crippen LogP contribution < -0.4 is 10.5 Å². The van der Waals surface area contributed by atoms with Gasteiger partial charge in [-0.05, 0) is 46.9 Å². The summed E-state index contributed by atoms with van der Waals surface area (Å²) in [6.07, 6.45) is 0.909. The fourth-order valence-corrected chi connectivity index (χ4v) is 3.84. The van der Waals surface area contributed by atoms with Gasteiger partial charge in [-0.25, -0.2) is 13.6 Å². The molecule has 4 rings (SSSR count). The lowest BCUT2D eigenvalue weighted by Gasteiger charge is -2.09. The van der Waals surface area contributed by atoms with Gasteiger partial charge in [-0.15, -0.1) is 0 Å². The van der Waals surface area contributed by atoms with E-state index in [0.29, 0.717) is 6.42 Å². The molecule has 3 N–H and O–H groups in total. The Hall–Kier alpha value is -2.44. The average Bonchev–Trinajstić information content (AvgIpc) is 2.77. The maximum Gasteiger partial charge on any atom is 0.238 e. The Labute approximate surface area is 133 Å². The van der Waals surface area contributed by atoms with Crippen molar-refractivity contribution in [1.29, 1.82) is 0 Å². The van der Waals surface area contributed by atoms with Crippen LogP contribution in [0.2, 0.25) is 0 Å². The van der Waals surface area contributed by atoms with Crippen molar-refractivity contribution in [3.05, 3.63) is 59.2 Å². The zero-order chi connectivity index (χ0) is 16.2. The van der Waals surface area contributed by atoms with Crippen LogP contribution in [0, 0.1) is 0 Å². The number of hydrogen-bond donors (Lipinski definition) is 2. The third kappa shape index (κ3) is 2.27. The van der Waals surface area contributed by atoms with Crippen molar-refractivity contribution < 1.29 is 13.2 Å². The maximum absolute atomic E-state index is 12.2. The quantitative estimate of drug-likeness (QED) is 0.841. The molecule has 0 atom stereocenters.